The number of hydrogen-bond acceptors (Lipinski definition) is 7. The van der Waals surface area contributed by atoms with E-state index in [1.165, 1.54) is 6.33 Å². The van der Waals surface area contributed by atoms with E-state index in [0.29, 0.717) is 11.8 Å². The Labute approximate surface area is 179 Å². The van der Waals surface area contributed by atoms with Gasteiger partial charge in [-0.15, -0.1) is 0 Å². The predicted octanol–water partition coefficient (Wildman–Crippen LogP) is 4.71. The molecule has 0 saturated heterocycles. The van der Waals surface area contributed by atoms with Gasteiger partial charge in [0.15, 0.2) is 5.65 Å². The van der Waals surface area contributed by atoms with E-state index in [2.05, 4.69) is 35.7 Å². The maximum absolute atomic E-state index is 4.50. The van der Waals surface area contributed by atoms with Gasteiger partial charge in [-0.3, -0.25) is 0 Å². The van der Waals surface area contributed by atoms with Crippen LogP contribution in [0.2, 0.25) is 0 Å². The van der Waals surface area contributed by atoms with Crippen LogP contribution in [0.3, 0.4) is 0 Å². The zero-order chi connectivity index (χ0) is 21.2. The second-order valence-electron chi connectivity index (χ2n) is 7.16. The third-order valence-corrected chi connectivity index (χ3v) is 4.73. The zero-order valence-electron chi connectivity index (χ0n) is 17.1. The fourth-order valence-corrected chi connectivity index (χ4v) is 3.42. The monoisotopic (exact) mass is 408 g/mol. The molecule has 0 radical (unpaired) electrons. The molecule has 0 amide bonds. The molecule has 2 aromatic carbocycles. The summed E-state index contributed by atoms with van der Waals surface area (Å²) in [7, 11) is 0. The molecule has 152 valence electrons. The summed E-state index contributed by atoms with van der Waals surface area (Å²) in [6.07, 6.45) is 3.31. The van der Waals surface area contributed by atoms with Crippen LogP contribution < -0.4 is 10.6 Å². The van der Waals surface area contributed by atoms with Crippen molar-refractivity contribution in [1.29, 1.82) is 0 Å². The molecular weight excluding hydrogens is 388 g/mol. The molecule has 3 heterocycles. The first-order valence-corrected chi connectivity index (χ1v) is 9.86. The van der Waals surface area contributed by atoms with Crippen molar-refractivity contribution in [2.75, 3.05) is 10.6 Å². The highest BCUT2D eigenvalue weighted by Crippen LogP contribution is 2.26. The first kappa shape index (κ1) is 18.7. The fraction of sp³-hybridized carbons (Fsp3) is 0.0870. The number of benzene rings is 2. The van der Waals surface area contributed by atoms with Gasteiger partial charge in [-0.05, 0) is 50.2 Å². The van der Waals surface area contributed by atoms with Crippen molar-refractivity contribution in [1.82, 2.24) is 29.7 Å². The third kappa shape index (κ3) is 3.91. The van der Waals surface area contributed by atoms with Gasteiger partial charge in [0.2, 0.25) is 5.95 Å². The number of para-hydroxylation sites is 1. The van der Waals surface area contributed by atoms with E-state index in [-0.39, 0.29) is 0 Å². The third-order valence-electron chi connectivity index (χ3n) is 4.73. The van der Waals surface area contributed by atoms with Crippen LogP contribution in [-0.4, -0.2) is 29.7 Å². The Bertz CT molecular complexity index is 1340. The van der Waals surface area contributed by atoms with Crippen molar-refractivity contribution in [3.05, 3.63) is 84.6 Å². The van der Waals surface area contributed by atoms with E-state index in [0.717, 1.165) is 39.5 Å². The number of anilines is 4. The molecule has 5 aromatic rings. The zero-order valence-corrected chi connectivity index (χ0v) is 17.1. The van der Waals surface area contributed by atoms with Gasteiger partial charge in [0.1, 0.15) is 12.1 Å². The van der Waals surface area contributed by atoms with E-state index >= 15 is 0 Å². The molecule has 31 heavy (non-hydrogen) atoms. The first-order chi connectivity index (χ1) is 15.2. The van der Waals surface area contributed by atoms with Crippen molar-refractivity contribution in [2.24, 2.45) is 0 Å². The summed E-state index contributed by atoms with van der Waals surface area (Å²) in [6.45, 7) is 3.90. The minimum Gasteiger partial charge on any atom is -0.339 e. The summed E-state index contributed by atoms with van der Waals surface area (Å²) in [6, 6.07) is 19.7. The number of nitrogens with one attached hydrogen (secondary N) is 2. The maximum atomic E-state index is 4.50. The highest BCUT2D eigenvalue weighted by Gasteiger charge is 2.11. The van der Waals surface area contributed by atoms with Gasteiger partial charge >= 0.3 is 0 Å². The van der Waals surface area contributed by atoms with Crippen LogP contribution in [0.15, 0.2) is 73.2 Å². The minimum atomic E-state index is 0.572. The molecule has 3 aromatic heterocycles. The standard InChI is InChI=1S/C23H20N8/c1-15-11-16(2)28-23(27-15)30-18-8-6-7-17(12-18)29-21-20-13-26-31(22(20)25-14-24-21)19-9-4-3-5-10-19/h3-14H,1-2H3,(H,24,25,29)(H,27,28,30). The Balaban J connectivity index is 1.44. The average molecular weight is 408 g/mol. The van der Waals surface area contributed by atoms with Gasteiger partial charge in [-0.1, -0.05) is 24.3 Å². The number of fused-ring (bicyclic) bond motifs is 1. The van der Waals surface area contributed by atoms with Crippen LogP contribution in [0.1, 0.15) is 11.4 Å². The van der Waals surface area contributed by atoms with Crippen molar-refractivity contribution in [3.8, 4) is 5.69 Å². The topological polar surface area (TPSA) is 93.4 Å². The van der Waals surface area contributed by atoms with Crippen LogP contribution in [0.25, 0.3) is 16.7 Å². The fourth-order valence-electron chi connectivity index (χ4n) is 3.42. The Kier molecular flexibility index (Phi) is 4.72. The lowest BCUT2D eigenvalue weighted by molar-refractivity contribution is 0.895. The van der Waals surface area contributed by atoms with Crippen LogP contribution in [0, 0.1) is 13.8 Å². The largest absolute Gasteiger partial charge is 0.339 e. The molecule has 0 bridgehead atoms. The summed E-state index contributed by atoms with van der Waals surface area (Å²) in [4.78, 5) is 17.7. The van der Waals surface area contributed by atoms with Gasteiger partial charge in [-0.25, -0.2) is 24.6 Å². The Morgan fingerprint density at radius 3 is 2.29 bits per heavy atom. The molecule has 0 atom stereocenters. The van der Waals surface area contributed by atoms with Gasteiger partial charge in [0, 0.05) is 22.8 Å². The second-order valence-corrected chi connectivity index (χ2v) is 7.16. The summed E-state index contributed by atoms with van der Waals surface area (Å²) in [5.74, 6) is 1.26. The number of aromatic nitrogens is 6. The highest BCUT2D eigenvalue weighted by molar-refractivity contribution is 5.89. The van der Waals surface area contributed by atoms with E-state index in [1.807, 2.05) is 74.5 Å². The first-order valence-electron chi connectivity index (χ1n) is 9.86. The molecule has 0 saturated carbocycles. The highest BCUT2D eigenvalue weighted by atomic mass is 15.3. The lowest BCUT2D eigenvalue weighted by Crippen LogP contribution is -2.01. The van der Waals surface area contributed by atoms with Crippen LogP contribution in [0.5, 0.6) is 0 Å². The normalized spacial score (nSPS) is 10.9. The molecule has 5 rings (SSSR count). The number of hydrogen-bond donors (Lipinski definition) is 2. The van der Waals surface area contributed by atoms with E-state index in [4.69, 9.17) is 0 Å². The number of nitrogens with zero attached hydrogens (tertiary/aromatic N) is 6. The summed E-state index contributed by atoms with van der Waals surface area (Å²) >= 11 is 0. The van der Waals surface area contributed by atoms with Crippen LogP contribution >= 0.6 is 0 Å². The minimum absolute atomic E-state index is 0.572. The molecule has 0 aliphatic carbocycles. The van der Waals surface area contributed by atoms with Gasteiger partial charge in [0.05, 0.1) is 17.3 Å². The molecule has 0 aliphatic heterocycles. The average Bonchev–Trinajstić information content (AvgIpc) is 3.19. The van der Waals surface area contributed by atoms with E-state index < -0.39 is 0 Å². The summed E-state index contributed by atoms with van der Waals surface area (Å²) in [5, 5.41) is 12.0. The van der Waals surface area contributed by atoms with Crippen molar-refractivity contribution < 1.29 is 0 Å². The van der Waals surface area contributed by atoms with Crippen molar-refractivity contribution in [3.63, 3.8) is 0 Å². The summed E-state index contributed by atoms with van der Waals surface area (Å²) < 4.78 is 1.80. The molecule has 0 spiro atoms. The second kappa shape index (κ2) is 7.83. The molecule has 0 fully saturated rings. The number of aryl methyl sites for hydroxylation is 2. The number of rotatable bonds is 5. The molecule has 0 unspecified atom stereocenters. The van der Waals surface area contributed by atoms with E-state index in [9.17, 15) is 0 Å². The Morgan fingerprint density at radius 2 is 1.52 bits per heavy atom. The smallest absolute Gasteiger partial charge is 0.227 e. The Morgan fingerprint density at radius 1 is 0.774 bits per heavy atom. The lowest BCUT2D eigenvalue weighted by atomic mass is 10.2. The van der Waals surface area contributed by atoms with Crippen LogP contribution in [-0.2, 0) is 0 Å². The molecular formula is C23H20N8. The van der Waals surface area contributed by atoms with Crippen molar-refractivity contribution >= 4 is 34.2 Å². The van der Waals surface area contributed by atoms with E-state index in [1.54, 1.807) is 10.9 Å². The Hall–Kier alpha value is -4.33. The summed E-state index contributed by atoms with van der Waals surface area (Å²) in [5.41, 5.74) is 5.27. The SMILES string of the molecule is Cc1cc(C)nc(Nc2cccc(Nc3ncnc4c3cnn4-c3ccccc3)c2)n1. The lowest BCUT2D eigenvalue weighted by Gasteiger charge is -2.10. The van der Waals surface area contributed by atoms with Gasteiger partial charge < -0.3 is 10.6 Å². The molecule has 8 heteroatoms. The van der Waals surface area contributed by atoms with Crippen molar-refractivity contribution in [2.45, 2.75) is 13.8 Å². The predicted molar refractivity (Wildman–Crippen MR) is 121 cm³/mol. The van der Waals surface area contributed by atoms with Gasteiger partial charge in [0.25, 0.3) is 0 Å². The maximum Gasteiger partial charge on any atom is 0.227 e. The molecule has 0 aliphatic rings. The van der Waals surface area contributed by atoms with Crippen LogP contribution in [0.4, 0.5) is 23.1 Å². The quantitative estimate of drug-likeness (QED) is 0.435. The van der Waals surface area contributed by atoms with Gasteiger partial charge in [-0.2, -0.15) is 5.10 Å². The molecule has 8 nitrogen and oxygen atoms in total. The molecule has 2 N–H and O–H groups in total.